The summed E-state index contributed by atoms with van der Waals surface area (Å²) in [5.41, 5.74) is 0. The van der Waals surface area contributed by atoms with Gasteiger partial charge < -0.3 is 4.74 Å². The zero-order valence-electron chi connectivity index (χ0n) is 7.26. The first-order chi connectivity index (χ1) is 4.93. The highest BCUT2D eigenvalue weighted by molar-refractivity contribution is 4.90. The molecule has 0 aromatic rings. The molecular weight excluding hydrogens is 124 g/mol. The minimum atomic E-state index is 0.500. The van der Waals surface area contributed by atoms with Gasteiger partial charge in [0.1, 0.15) is 0 Å². The molecule has 0 spiro atoms. The molecule has 1 nitrogen and oxygen atoms in total. The Morgan fingerprint density at radius 1 is 1.30 bits per heavy atom. The van der Waals surface area contributed by atoms with Gasteiger partial charge in [0.2, 0.25) is 0 Å². The number of ether oxygens (including phenoxy) is 1. The molecule has 1 heteroatoms. The number of hydrogen-bond acceptors (Lipinski definition) is 1. The Hall–Kier alpha value is -0.300. The fourth-order valence-electron chi connectivity index (χ4n) is 0.980. The summed E-state index contributed by atoms with van der Waals surface area (Å²) >= 11 is 0. The maximum atomic E-state index is 5.14. The third kappa shape index (κ3) is 3.67. The first-order valence-corrected chi connectivity index (χ1v) is 4.11. The zero-order valence-corrected chi connectivity index (χ0v) is 7.26. The quantitative estimate of drug-likeness (QED) is 0.511. The van der Waals surface area contributed by atoms with E-state index >= 15 is 0 Å². The van der Waals surface area contributed by atoms with Crippen LogP contribution in [0, 0.1) is 0 Å². The Kier molecular flexibility index (Phi) is 6.61. The Bertz CT molecular complexity index is 86.7. The van der Waals surface area contributed by atoms with Gasteiger partial charge in [0.25, 0.3) is 0 Å². The molecule has 0 saturated carbocycles. The molecule has 0 heterocycles. The lowest BCUT2D eigenvalue weighted by Crippen LogP contribution is -2.10. The predicted molar refractivity (Wildman–Crippen MR) is 45.1 cm³/mol. The molecule has 0 aromatic heterocycles. The van der Waals surface area contributed by atoms with Crippen molar-refractivity contribution < 1.29 is 4.74 Å². The molecule has 0 aromatic carbocycles. The maximum absolute atomic E-state index is 5.14. The van der Waals surface area contributed by atoms with Gasteiger partial charge in [0.15, 0.2) is 0 Å². The number of rotatable bonds is 1. The molecule has 1 unspecified atom stereocenters. The molecule has 0 fully saturated rings. The topological polar surface area (TPSA) is 9.23 Å². The Labute approximate surface area is 64.1 Å². The Balaban J connectivity index is 0.000000371. The Morgan fingerprint density at radius 2 is 2.00 bits per heavy atom. The van der Waals surface area contributed by atoms with Crippen LogP contribution in [0.1, 0.15) is 33.1 Å². The van der Waals surface area contributed by atoms with Gasteiger partial charge in [-0.2, -0.15) is 0 Å². The van der Waals surface area contributed by atoms with Crippen LogP contribution >= 0.6 is 0 Å². The first kappa shape index (κ1) is 9.70. The lowest BCUT2D eigenvalue weighted by molar-refractivity contribution is 0.0954. The maximum Gasteiger partial charge on any atom is 0.0608 e. The standard InChI is InChI=1S/C7H12O.C2H6/c1-8-7-5-3-2-4-6-7;1-2/h2-3,7H,4-6H2,1H3;1-2H3. The molecular formula is C9H18O. The van der Waals surface area contributed by atoms with Crippen molar-refractivity contribution in [3.8, 4) is 0 Å². The van der Waals surface area contributed by atoms with E-state index in [-0.39, 0.29) is 0 Å². The van der Waals surface area contributed by atoms with Crippen molar-refractivity contribution in [1.82, 2.24) is 0 Å². The summed E-state index contributed by atoms with van der Waals surface area (Å²) in [6.45, 7) is 4.00. The van der Waals surface area contributed by atoms with Crippen LogP contribution < -0.4 is 0 Å². The van der Waals surface area contributed by atoms with E-state index in [1.807, 2.05) is 13.8 Å². The second-order valence-electron chi connectivity index (χ2n) is 2.14. The van der Waals surface area contributed by atoms with Gasteiger partial charge in [-0.15, -0.1) is 0 Å². The molecule has 0 aliphatic heterocycles. The van der Waals surface area contributed by atoms with Crippen LogP contribution in [-0.4, -0.2) is 13.2 Å². The number of allylic oxidation sites excluding steroid dienone is 1. The van der Waals surface area contributed by atoms with Crippen LogP contribution in [0.4, 0.5) is 0 Å². The van der Waals surface area contributed by atoms with E-state index in [0.29, 0.717) is 6.10 Å². The summed E-state index contributed by atoms with van der Waals surface area (Å²) in [5.74, 6) is 0. The molecule has 0 radical (unpaired) electrons. The van der Waals surface area contributed by atoms with Crippen molar-refractivity contribution in [2.75, 3.05) is 7.11 Å². The lowest BCUT2D eigenvalue weighted by atomic mass is 10.1. The summed E-state index contributed by atoms with van der Waals surface area (Å²) in [6.07, 6.45) is 8.41. The molecule has 0 amide bonds. The van der Waals surface area contributed by atoms with Crippen LogP contribution in [0.2, 0.25) is 0 Å². The summed E-state index contributed by atoms with van der Waals surface area (Å²) < 4.78 is 5.14. The van der Waals surface area contributed by atoms with E-state index in [1.165, 1.54) is 12.8 Å². The van der Waals surface area contributed by atoms with Crippen LogP contribution in [0.25, 0.3) is 0 Å². The van der Waals surface area contributed by atoms with Crippen LogP contribution in [0.5, 0.6) is 0 Å². The summed E-state index contributed by atoms with van der Waals surface area (Å²) in [6, 6.07) is 0. The Morgan fingerprint density at radius 3 is 2.30 bits per heavy atom. The van der Waals surface area contributed by atoms with Crippen LogP contribution in [-0.2, 0) is 4.74 Å². The molecule has 0 saturated heterocycles. The van der Waals surface area contributed by atoms with Crippen molar-refractivity contribution in [2.24, 2.45) is 0 Å². The fraction of sp³-hybridized carbons (Fsp3) is 0.778. The summed E-state index contributed by atoms with van der Waals surface area (Å²) in [4.78, 5) is 0. The highest BCUT2D eigenvalue weighted by atomic mass is 16.5. The fourth-order valence-corrected chi connectivity index (χ4v) is 0.980. The van der Waals surface area contributed by atoms with E-state index in [4.69, 9.17) is 4.74 Å². The van der Waals surface area contributed by atoms with Gasteiger partial charge in [-0.25, -0.2) is 0 Å². The van der Waals surface area contributed by atoms with Gasteiger partial charge in [-0.3, -0.25) is 0 Å². The molecule has 10 heavy (non-hydrogen) atoms. The van der Waals surface area contributed by atoms with Crippen molar-refractivity contribution in [3.63, 3.8) is 0 Å². The SMILES string of the molecule is CC.COC1CC=CCC1. The second-order valence-corrected chi connectivity index (χ2v) is 2.14. The highest BCUT2D eigenvalue weighted by Crippen LogP contribution is 2.12. The van der Waals surface area contributed by atoms with Crippen molar-refractivity contribution in [3.05, 3.63) is 12.2 Å². The largest absolute Gasteiger partial charge is 0.381 e. The average Bonchev–Trinajstić information content (AvgIpc) is 2.10. The van der Waals surface area contributed by atoms with Crippen LogP contribution in [0.3, 0.4) is 0 Å². The smallest absolute Gasteiger partial charge is 0.0608 e. The van der Waals surface area contributed by atoms with Gasteiger partial charge in [-0.1, -0.05) is 26.0 Å². The molecule has 1 atom stereocenters. The lowest BCUT2D eigenvalue weighted by Gasteiger charge is -2.14. The molecule has 1 rings (SSSR count). The minimum absolute atomic E-state index is 0.500. The van der Waals surface area contributed by atoms with E-state index < -0.39 is 0 Å². The first-order valence-electron chi connectivity index (χ1n) is 4.11. The van der Waals surface area contributed by atoms with Gasteiger partial charge in [0.05, 0.1) is 6.10 Å². The monoisotopic (exact) mass is 142 g/mol. The second kappa shape index (κ2) is 6.81. The van der Waals surface area contributed by atoms with Gasteiger partial charge in [-0.05, 0) is 19.3 Å². The van der Waals surface area contributed by atoms with Crippen molar-refractivity contribution >= 4 is 0 Å². The van der Waals surface area contributed by atoms with E-state index in [1.54, 1.807) is 7.11 Å². The number of hydrogen-bond donors (Lipinski definition) is 0. The molecule has 0 bridgehead atoms. The normalized spacial score (nSPS) is 23.3. The minimum Gasteiger partial charge on any atom is -0.381 e. The van der Waals surface area contributed by atoms with Gasteiger partial charge >= 0.3 is 0 Å². The highest BCUT2D eigenvalue weighted by Gasteiger charge is 2.05. The summed E-state index contributed by atoms with van der Waals surface area (Å²) in [7, 11) is 1.78. The van der Waals surface area contributed by atoms with Crippen LogP contribution in [0.15, 0.2) is 12.2 Å². The van der Waals surface area contributed by atoms with E-state index in [0.717, 1.165) is 6.42 Å². The van der Waals surface area contributed by atoms with Gasteiger partial charge in [0, 0.05) is 7.11 Å². The molecule has 60 valence electrons. The molecule has 1 aliphatic carbocycles. The average molecular weight is 142 g/mol. The zero-order chi connectivity index (χ0) is 7.82. The third-order valence-corrected chi connectivity index (χ3v) is 1.55. The van der Waals surface area contributed by atoms with E-state index in [9.17, 15) is 0 Å². The van der Waals surface area contributed by atoms with Crippen molar-refractivity contribution in [1.29, 1.82) is 0 Å². The summed E-state index contributed by atoms with van der Waals surface area (Å²) in [5, 5.41) is 0. The predicted octanol–water partition coefficient (Wildman–Crippen LogP) is 2.77. The third-order valence-electron chi connectivity index (χ3n) is 1.55. The number of methoxy groups -OCH3 is 1. The molecule has 0 N–H and O–H groups in total. The van der Waals surface area contributed by atoms with Crippen molar-refractivity contribution in [2.45, 2.75) is 39.2 Å². The molecule has 1 aliphatic rings. The van der Waals surface area contributed by atoms with E-state index in [2.05, 4.69) is 12.2 Å².